The number of rotatable bonds is 4. The van der Waals surface area contributed by atoms with E-state index in [2.05, 4.69) is 43.0 Å². The number of benzene rings is 2. The molecule has 0 radical (unpaired) electrons. The molecule has 122 valence electrons. The van der Waals surface area contributed by atoms with E-state index < -0.39 is 0 Å². The summed E-state index contributed by atoms with van der Waals surface area (Å²) in [4.78, 5) is 6.57. The van der Waals surface area contributed by atoms with Crippen molar-refractivity contribution in [3.05, 3.63) is 36.4 Å². The molecule has 1 aliphatic heterocycles. The molecule has 0 aliphatic carbocycles. The molecule has 0 saturated carbocycles. The van der Waals surface area contributed by atoms with Crippen LogP contribution in [-0.4, -0.2) is 42.3 Å². The minimum absolute atomic E-state index is 0.0723. The van der Waals surface area contributed by atoms with Crippen molar-refractivity contribution in [3.8, 4) is 11.5 Å². The maximum atomic E-state index is 9.93. The SMILES string of the molecule is C[C@H](CN(C)C)CN1c2ccccc2Sc2cc(O)c(O)cc21. The zero-order chi connectivity index (χ0) is 16.6. The highest BCUT2D eigenvalue weighted by Crippen LogP contribution is 2.51. The molecule has 2 aromatic carbocycles. The number of para-hydroxylation sites is 1. The molecule has 2 aromatic rings. The van der Waals surface area contributed by atoms with Gasteiger partial charge in [0.05, 0.1) is 11.4 Å². The second kappa shape index (κ2) is 6.34. The number of nitrogens with zero attached hydrogens (tertiary/aromatic N) is 2. The van der Waals surface area contributed by atoms with E-state index in [4.69, 9.17) is 0 Å². The number of phenols is 2. The van der Waals surface area contributed by atoms with E-state index in [0.717, 1.165) is 29.4 Å². The molecule has 5 heteroatoms. The monoisotopic (exact) mass is 330 g/mol. The first-order valence-corrected chi connectivity index (χ1v) is 8.52. The van der Waals surface area contributed by atoms with E-state index in [1.54, 1.807) is 23.9 Å². The minimum atomic E-state index is -0.0750. The first kappa shape index (κ1) is 16.0. The summed E-state index contributed by atoms with van der Waals surface area (Å²) in [5.41, 5.74) is 2.11. The van der Waals surface area contributed by atoms with Gasteiger partial charge in [0.2, 0.25) is 0 Å². The summed E-state index contributed by atoms with van der Waals surface area (Å²) < 4.78 is 0. The maximum absolute atomic E-state index is 9.93. The van der Waals surface area contributed by atoms with Crippen LogP contribution in [0.2, 0.25) is 0 Å². The molecule has 23 heavy (non-hydrogen) atoms. The third kappa shape index (κ3) is 3.26. The van der Waals surface area contributed by atoms with Crippen LogP contribution in [0.5, 0.6) is 11.5 Å². The molecule has 0 spiro atoms. The fourth-order valence-corrected chi connectivity index (χ4v) is 4.15. The van der Waals surface area contributed by atoms with Crippen LogP contribution in [0.4, 0.5) is 11.4 Å². The highest BCUT2D eigenvalue weighted by molar-refractivity contribution is 7.99. The molecule has 2 N–H and O–H groups in total. The molecule has 4 nitrogen and oxygen atoms in total. The van der Waals surface area contributed by atoms with Crippen molar-refractivity contribution < 1.29 is 10.2 Å². The molecule has 1 aliphatic rings. The van der Waals surface area contributed by atoms with E-state index in [-0.39, 0.29) is 11.5 Å². The highest BCUT2D eigenvalue weighted by Gasteiger charge is 2.26. The first-order valence-electron chi connectivity index (χ1n) is 7.71. The molecular weight excluding hydrogens is 308 g/mol. The number of hydrogen-bond donors (Lipinski definition) is 2. The zero-order valence-corrected chi connectivity index (χ0v) is 14.5. The van der Waals surface area contributed by atoms with E-state index in [0.29, 0.717) is 5.92 Å². The molecular formula is C18H22N2O2S. The fraction of sp³-hybridized carbons (Fsp3) is 0.333. The Bertz CT molecular complexity index is 718. The van der Waals surface area contributed by atoms with Crippen LogP contribution < -0.4 is 4.90 Å². The number of fused-ring (bicyclic) bond motifs is 2. The largest absolute Gasteiger partial charge is 0.504 e. The van der Waals surface area contributed by atoms with Gasteiger partial charge in [-0.15, -0.1) is 0 Å². The summed E-state index contributed by atoms with van der Waals surface area (Å²) in [5.74, 6) is 0.316. The number of aromatic hydroxyl groups is 2. The lowest BCUT2D eigenvalue weighted by Gasteiger charge is -2.35. The van der Waals surface area contributed by atoms with Crippen molar-refractivity contribution in [2.24, 2.45) is 5.92 Å². The molecule has 0 amide bonds. The topological polar surface area (TPSA) is 46.9 Å². The summed E-state index contributed by atoms with van der Waals surface area (Å²) in [5, 5.41) is 19.7. The van der Waals surface area contributed by atoms with Crippen LogP contribution in [0.25, 0.3) is 0 Å². The lowest BCUT2D eigenvalue weighted by atomic mass is 10.1. The van der Waals surface area contributed by atoms with Crippen molar-refractivity contribution in [2.45, 2.75) is 16.7 Å². The van der Waals surface area contributed by atoms with E-state index in [1.165, 1.54) is 4.90 Å². The second-order valence-corrected chi connectivity index (χ2v) is 7.44. The van der Waals surface area contributed by atoms with Crippen LogP contribution in [0.15, 0.2) is 46.2 Å². The highest BCUT2D eigenvalue weighted by atomic mass is 32.2. The standard InChI is InChI=1S/C18H22N2O2S/c1-12(10-19(2)3)11-20-13-6-4-5-7-17(13)23-18-9-16(22)15(21)8-14(18)20/h4-9,12,21-22H,10-11H2,1-3H3/t12-/m1/s1. The summed E-state index contributed by atoms with van der Waals surface area (Å²) in [6, 6.07) is 11.6. The molecule has 0 saturated heterocycles. The Morgan fingerprint density at radius 2 is 1.74 bits per heavy atom. The third-order valence-electron chi connectivity index (χ3n) is 3.89. The van der Waals surface area contributed by atoms with Gasteiger partial charge in [0.1, 0.15) is 0 Å². The van der Waals surface area contributed by atoms with Gasteiger partial charge >= 0.3 is 0 Å². The van der Waals surface area contributed by atoms with Gasteiger partial charge in [-0.3, -0.25) is 0 Å². The minimum Gasteiger partial charge on any atom is -0.504 e. The molecule has 0 unspecified atom stereocenters. The number of phenolic OH excluding ortho intramolecular Hbond substituents is 2. The Hall–Kier alpha value is -1.85. The second-order valence-electron chi connectivity index (χ2n) is 6.36. The van der Waals surface area contributed by atoms with Gasteiger partial charge in [0.25, 0.3) is 0 Å². The van der Waals surface area contributed by atoms with Gasteiger partial charge in [0, 0.05) is 28.9 Å². The van der Waals surface area contributed by atoms with Gasteiger partial charge in [-0.25, -0.2) is 0 Å². The van der Waals surface area contributed by atoms with Crippen molar-refractivity contribution in [2.75, 3.05) is 32.1 Å². The van der Waals surface area contributed by atoms with Crippen LogP contribution in [0.3, 0.4) is 0 Å². The van der Waals surface area contributed by atoms with E-state index in [1.807, 2.05) is 12.1 Å². The molecule has 0 aromatic heterocycles. The average Bonchev–Trinajstić information content (AvgIpc) is 2.48. The van der Waals surface area contributed by atoms with Crippen LogP contribution in [0, 0.1) is 5.92 Å². The van der Waals surface area contributed by atoms with Crippen molar-refractivity contribution in [3.63, 3.8) is 0 Å². The number of anilines is 2. The van der Waals surface area contributed by atoms with E-state index >= 15 is 0 Å². The third-order valence-corrected chi connectivity index (χ3v) is 5.01. The van der Waals surface area contributed by atoms with Gasteiger partial charge in [0.15, 0.2) is 11.5 Å². The molecule has 1 heterocycles. The summed E-state index contributed by atoms with van der Waals surface area (Å²) in [6.07, 6.45) is 0. The summed E-state index contributed by atoms with van der Waals surface area (Å²) in [7, 11) is 4.16. The Balaban J connectivity index is 2.02. The quantitative estimate of drug-likeness (QED) is 0.833. The van der Waals surface area contributed by atoms with Gasteiger partial charge < -0.3 is 20.0 Å². The smallest absolute Gasteiger partial charge is 0.159 e. The molecule has 1 atom stereocenters. The Morgan fingerprint density at radius 3 is 2.48 bits per heavy atom. The van der Waals surface area contributed by atoms with Crippen LogP contribution >= 0.6 is 11.8 Å². The Kier molecular flexibility index (Phi) is 4.41. The van der Waals surface area contributed by atoms with E-state index in [9.17, 15) is 10.2 Å². The predicted octanol–water partition coefficient (Wildman–Crippen LogP) is 3.90. The summed E-state index contributed by atoms with van der Waals surface area (Å²) in [6.45, 7) is 4.07. The summed E-state index contributed by atoms with van der Waals surface area (Å²) >= 11 is 1.63. The average molecular weight is 330 g/mol. The van der Waals surface area contributed by atoms with Crippen LogP contribution in [0.1, 0.15) is 6.92 Å². The Labute approximate surface area is 141 Å². The molecule has 0 bridgehead atoms. The van der Waals surface area contributed by atoms with Gasteiger partial charge in [-0.05, 0) is 38.2 Å². The Morgan fingerprint density at radius 1 is 1.04 bits per heavy atom. The predicted molar refractivity (Wildman–Crippen MR) is 95.1 cm³/mol. The zero-order valence-electron chi connectivity index (χ0n) is 13.7. The maximum Gasteiger partial charge on any atom is 0.159 e. The lowest BCUT2D eigenvalue weighted by Crippen LogP contribution is -2.31. The van der Waals surface area contributed by atoms with Crippen molar-refractivity contribution in [1.82, 2.24) is 4.90 Å². The van der Waals surface area contributed by atoms with Gasteiger partial charge in [-0.2, -0.15) is 0 Å². The van der Waals surface area contributed by atoms with Gasteiger partial charge in [-0.1, -0.05) is 30.8 Å². The molecule has 0 fully saturated rings. The molecule has 3 rings (SSSR count). The number of hydrogen-bond acceptors (Lipinski definition) is 5. The van der Waals surface area contributed by atoms with Crippen molar-refractivity contribution in [1.29, 1.82) is 0 Å². The van der Waals surface area contributed by atoms with Crippen molar-refractivity contribution >= 4 is 23.1 Å². The first-order chi connectivity index (χ1) is 11.0. The lowest BCUT2D eigenvalue weighted by molar-refractivity contribution is 0.342. The normalized spacial score (nSPS) is 14.5. The van der Waals surface area contributed by atoms with Crippen LogP contribution in [-0.2, 0) is 0 Å². The fourth-order valence-electron chi connectivity index (χ4n) is 3.04.